The van der Waals surface area contributed by atoms with Gasteiger partial charge in [0, 0.05) is 13.0 Å². The Bertz CT molecular complexity index is 552. The van der Waals surface area contributed by atoms with Gasteiger partial charge in [0.05, 0.1) is 12.3 Å². The highest BCUT2D eigenvalue weighted by Gasteiger charge is 2.22. The van der Waals surface area contributed by atoms with Gasteiger partial charge in [-0.05, 0) is 30.9 Å². The Balaban J connectivity index is 1.53. The van der Waals surface area contributed by atoms with Gasteiger partial charge in [-0.1, -0.05) is 0 Å². The third-order valence-corrected chi connectivity index (χ3v) is 3.18. The van der Waals surface area contributed by atoms with E-state index in [1.807, 2.05) is 12.1 Å². The summed E-state index contributed by atoms with van der Waals surface area (Å²) in [4.78, 5) is 8.45. The van der Waals surface area contributed by atoms with Crippen molar-refractivity contribution in [2.24, 2.45) is 5.92 Å². The SMILES string of the molecule is Nc1ccc(NCCc2ncn[nH]2)nc1OCC1CC1. The third kappa shape index (κ3) is 3.37. The molecule has 0 aromatic carbocycles. The molecule has 0 saturated heterocycles. The molecule has 0 atom stereocenters. The number of aromatic nitrogens is 4. The molecule has 1 fully saturated rings. The standard InChI is InChI=1S/C13H18N6O/c14-10-3-4-11(15-6-5-12-16-8-17-19-12)18-13(10)20-7-9-1-2-9/h3-4,8-9H,1-2,5-7,14H2,(H,15,18)(H,16,17,19). The quantitative estimate of drug-likeness (QED) is 0.701. The van der Waals surface area contributed by atoms with Crippen LogP contribution in [0.3, 0.4) is 0 Å². The molecule has 7 heteroatoms. The molecule has 106 valence electrons. The van der Waals surface area contributed by atoms with E-state index >= 15 is 0 Å². The van der Waals surface area contributed by atoms with Crippen LogP contribution in [0.1, 0.15) is 18.7 Å². The van der Waals surface area contributed by atoms with E-state index in [0.717, 1.165) is 18.1 Å². The molecule has 0 unspecified atom stereocenters. The van der Waals surface area contributed by atoms with Crippen LogP contribution in [0, 0.1) is 5.92 Å². The fraction of sp³-hybridized carbons (Fsp3) is 0.462. The molecule has 0 aliphatic heterocycles. The number of hydrogen-bond donors (Lipinski definition) is 3. The predicted octanol–water partition coefficient (Wildman–Crippen LogP) is 1.23. The summed E-state index contributed by atoms with van der Waals surface area (Å²) in [5.74, 6) is 2.79. The lowest BCUT2D eigenvalue weighted by atomic mass is 10.3. The summed E-state index contributed by atoms with van der Waals surface area (Å²) < 4.78 is 5.65. The number of nitrogen functional groups attached to an aromatic ring is 1. The summed E-state index contributed by atoms with van der Waals surface area (Å²) in [6.07, 6.45) is 4.75. The first kappa shape index (κ1) is 12.7. The second-order valence-electron chi connectivity index (χ2n) is 4.95. The van der Waals surface area contributed by atoms with Gasteiger partial charge in [0.1, 0.15) is 18.0 Å². The lowest BCUT2D eigenvalue weighted by molar-refractivity contribution is 0.290. The molecule has 2 aromatic heterocycles. The van der Waals surface area contributed by atoms with E-state index < -0.39 is 0 Å². The van der Waals surface area contributed by atoms with Gasteiger partial charge >= 0.3 is 0 Å². The van der Waals surface area contributed by atoms with E-state index in [4.69, 9.17) is 10.5 Å². The average molecular weight is 274 g/mol. The van der Waals surface area contributed by atoms with E-state index in [-0.39, 0.29) is 0 Å². The monoisotopic (exact) mass is 274 g/mol. The fourth-order valence-electron chi connectivity index (χ4n) is 1.81. The van der Waals surface area contributed by atoms with Crippen LogP contribution in [-0.2, 0) is 6.42 Å². The van der Waals surface area contributed by atoms with Crippen LogP contribution >= 0.6 is 0 Å². The summed E-state index contributed by atoms with van der Waals surface area (Å²) in [5.41, 5.74) is 6.44. The highest BCUT2D eigenvalue weighted by atomic mass is 16.5. The number of aromatic amines is 1. The molecule has 3 rings (SSSR count). The van der Waals surface area contributed by atoms with Gasteiger partial charge in [-0.2, -0.15) is 10.1 Å². The number of anilines is 2. The van der Waals surface area contributed by atoms with Gasteiger partial charge in [0.25, 0.3) is 0 Å². The summed E-state index contributed by atoms with van der Waals surface area (Å²) in [7, 11) is 0. The number of nitrogens with one attached hydrogen (secondary N) is 2. The Morgan fingerprint density at radius 3 is 3.05 bits per heavy atom. The third-order valence-electron chi connectivity index (χ3n) is 3.18. The first-order valence-electron chi connectivity index (χ1n) is 6.78. The minimum atomic E-state index is 0.515. The summed E-state index contributed by atoms with van der Waals surface area (Å²) >= 11 is 0. The summed E-state index contributed by atoms with van der Waals surface area (Å²) in [6.45, 7) is 1.42. The summed E-state index contributed by atoms with van der Waals surface area (Å²) in [6, 6.07) is 3.66. The fourth-order valence-corrected chi connectivity index (χ4v) is 1.81. The van der Waals surface area contributed by atoms with Crippen molar-refractivity contribution in [3.8, 4) is 5.88 Å². The predicted molar refractivity (Wildman–Crippen MR) is 75.4 cm³/mol. The second-order valence-corrected chi connectivity index (χ2v) is 4.95. The van der Waals surface area contributed by atoms with Gasteiger partial charge in [-0.25, -0.2) is 4.98 Å². The molecule has 0 bridgehead atoms. The van der Waals surface area contributed by atoms with Crippen molar-refractivity contribution in [3.05, 3.63) is 24.3 Å². The lowest BCUT2D eigenvalue weighted by Gasteiger charge is -2.10. The van der Waals surface area contributed by atoms with E-state index in [0.29, 0.717) is 30.6 Å². The van der Waals surface area contributed by atoms with Crippen molar-refractivity contribution in [3.63, 3.8) is 0 Å². The molecule has 0 amide bonds. The largest absolute Gasteiger partial charge is 0.476 e. The molecule has 1 aliphatic rings. The molecule has 1 aliphatic carbocycles. The Hall–Kier alpha value is -2.31. The van der Waals surface area contributed by atoms with Crippen molar-refractivity contribution < 1.29 is 4.74 Å². The van der Waals surface area contributed by atoms with Gasteiger partial charge in [0.15, 0.2) is 0 Å². The molecule has 20 heavy (non-hydrogen) atoms. The molecule has 1 saturated carbocycles. The van der Waals surface area contributed by atoms with Crippen molar-refractivity contribution in [1.29, 1.82) is 0 Å². The maximum atomic E-state index is 5.86. The van der Waals surface area contributed by atoms with Crippen LogP contribution in [-0.4, -0.2) is 33.3 Å². The number of ether oxygens (including phenoxy) is 1. The minimum absolute atomic E-state index is 0.515. The topological polar surface area (TPSA) is 102 Å². The number of hydrogen-bond acceptors (Lipinski definition) is 6. The average Bonchev–Trinajstić information content (AvgIpc) is 3.14. The van der Waals surface area contributed by atoms with Crippen LogP contribution in [0.5, 0.6) is 5.88 Å². The van der Waals surface area contributed by atoms with Crippen LogP contribution in [0.25, 0.3) is 0 Å². The van der Waals surface area contributed by atoms with E-state index in [9.17, 15) is 0 Å². The van der Waals surface area contributed by atoms with Crippen LogP contribution in [0.15, 0.2) is 18.5 Å². The number of nitrogens with zero attached hydrogens (tertiary/aromatic N) is 3. The van der Waals surface area contributed by atoms with Crippen LogP contribution in [0.2, 0.25) is 0 Å². The number of rotatable bonds is 7. The molecule has 2 aromatic rings. The molecular formula is C13H18N6O. The summed E-state index contributed by atoms with van der Waals surface area (Å²) in [5, 5.41) is 9.84. The lowest BCUT2D eigenvalue weighted by Crippen LogP contribution is -2.09. The van der Waals surface area contributed by atoms with Crippen molar-refractivity contribution >= 4 is 11.5 Å². The van der Waals surface area contributed by atoms with E-state index in [1.165, 1.54) is 19.2 Å². The number of H-pyrrole nitrogens is 1. The Kier molecular flexibility index (Phi) is 3.67. The Morgan fingerprint density at radius 1 is 1.40 bits per heavy atom. The van der Waals surface area contributed by atoms with E-state index in [1.54, 1.807) is 0 Å². The first-order chi connectivity index (χ1) is 9.81. The molecule has 2 heterocycles. The van der Waals surface area contributed by atoms with Gasteiger partial charge in [-0.3, -0.25) is 5.10 Å². The first-order valence-corrected chi connectivity index (χ1v) is 6.78. The van der Waals surface area contributed by atoms with Gasteiger partial charge in [-0.15, -0.1) is 0 Å². The Morgan fingerprint density at radius 2 is 2.30 bits per heavy atom. The molecule has 0 radical (unpaired) electrons. The zero-order chi connectivity index (χ0) is 13.8. The van der Waals surface area contributed by atoms with E-state index in [2.05, 4.69) is 25.5 Å². The maximum absolute atomic E-state index is 5.86. The molecule has 0 spiro atoms. The zero-order valence-corrected chi connectivity index (χ0v) is 11.2. The van der Waals surface area contributed by atoms with Crippen molar-refractivity contribution in [2.75, 3.05) is 24.2 Å². The van der Waals surface area contributed by atoms with Crippen LogP contribution in [0.4, 0.5) is 11.5 Å². The van der Waals surface area contributed by atoms with Crippen LogP contribution < -0.4 is 15.8 Å². The number of nitrogens with two attached hydrogens (primary N) is 1. The second kappa shape index (κ2) is 5.77. The zero-order valence-electron chi connectivity index (χ0n) is 11.2. The normalized spacial score (nSPS) is 14.2. The van der Waals surface area contributed by atoms with Crippen molar-refractivity contribution in [1.82, 2.24) is 20.2 Å². The molecular weight excluding hydrogens is 256 g/mol. The van der Waals surface area contributed by atoms with Gasteiger partial charge in [0.2, 0.25) is 5.88 Å². The highest BCUT2D eigenvalue weighted by Crippen LogP contribution is 2.30. The molecule has 7 nitrogen and oxygen atoms in total. The van der Waals surface area contributed by atoms with Crippen molar-refractivity contribution in [2.45, 2.75) is 19.3 Å². The van der Waals surface area contributed by atoms with Gasteiger partial charge < -0.3 is 15.8 Å². The molecule has 4 N–H and O–H groups in total. The Labute approximate surface area is 117 Å². The maximum Gasteiger partial charge on any atom is 0.239 e. The number of pyridine rings is 1. The smallest absolute Gasteiger partial charge is 0.239 e. The minimum Gasteiger partial charge on any atom is -0.476 e. The highest BCUT2D eigenvalue weighted by molar-refractivity contribution is 5.53.